The summed E-state index contributed by atoms with van der Waals surface area (Å²) in [4.78, 5) is 18.4. The number of hydrogen-bond donors (Lipinski definition) is 0. The lowest BCUT2D eigenvalue weighted by Gasteiger charge is -2.13. The second-order valence-corrected chi connectivity index (χ2v) is 4.80. The first kappa shape index (κ1) is 15.9. The molecule has 0 aliphatic heterocycles. The van der Waals surface area contributed by atoms with Crippen molar-refractivity contribution in [3.8, 4) is 17.1 Å². The normalized spacial score (nSPS) is 11.5. The van der Waals surface area contributed by atoms with Gasteiger partial charge < -0.3 is 4.74 Å². The Morgan fingerprint density at radius 2 is 1.95 bits per heavy atom. The maximum absolute atomic E-state index is 12.7. The first-order valence-corrected chi connectivity index (χ1v) is 6.47. The van der Waals surface area contributed by atoms with Crippen LogP contribution < -0.4 is 4.74 Å². The molecule has 22 heavy (non-hydrogen) atoms. The fraction of sp³-hybridized carbons (Fsp3) is 0.267. The molecule has 0 aliphatic rings. The van der Waals surface area contributed by atoms with Crippen molar-refractivity contribution in [2.24, 2.45) is 0 Å². The van der Waals surface area contributed by atoms with Crippen LogP contribution in [0.2, 0.25) is 0 Å². The molecule has 0 amide bonds. The Morgan fingerprint density at radius 3 is 2.55 bits per heavy atom. The quantitative estimate of drug-likeness (QED) is 0.807. The van der Waals surface area contributed by atoms with E-state index in [1.165, 1.54) is 18.2 Å². The number of rotatable bonds is 4. The van der Waals surface area contributed by atoms with Crippen molar-refractivity contribution in [3.63, 3.8) is 0 Å². The van der Waals surface area contributed by atoms with E-state index < -0.39 is 11.9 Å². The molecular weight excluding hydrogens is 297 g/mol. The highest BCUT2D eigenvalue weighted by molar-refractivity contribution is 5.82. The minimum absolute atomic E-state index is 0.103. The summed E-state index contributed by atoms with van der Waals surface area (Å²) in [7, 11) is 0. The standard InChI is InChI=1S/C15H13F3N2O2/c1-9(2)22-12-4-3-10(7-11(12)8-21)14-19-6-5-13(20-14)15(16,17)18/h3-9H,1-2H3. The third kappa shape index (κ3) is 3.60. The van der Waals surface area contributed by atoms with Gasteiger partial charge in [-0.3, -0.25) is 4.79 Å². The summed E-state index contributed by atoms with van der Waals surface area (Å²) < 4.78 is 43.5. The molecule has 7 heteroatoms. The molecule has 2 aromatic rings. The van der Waals surface area contributed by atoms with Crippen molar-refractivity contribution in [2.75, 3.05) is 0 Å². The first-order valence-electron chi connectivity index (χ1n) is 6.47. The predicted molar refractivity (Wildman–Crippen MR) is 73.6 cm³/mol. The van der Waals surface area contributed by atoms with Crippen LogP contribution >= 0.6 is 0 Å². The molecule has 1 heterocycles. The molecule has 0 bridgehead atoms. The Kier molecular flexibility index (Phi) is 4.44. The van der Waals surface area contributed by atoms with E-state index in [2.05, 4.69) is 9.97 Å². The summed E-state index contributed by atoms with van der Waals surface area (Å²) in [5.41, 5.74) is -0.496. The van der Waals surface area contributed by atoms with Gasteiger partial charge in [-0.05, 0) is 38.1 Å². The molecule has 4 nitrogen and oxygen atoms in total. The van der Waals surface area contributed by atoms with Crippen LogP contribution in [0.4, 0.5) is 13.2 Å². The number of benzene rings is 1. The topological polar surface area (TPSA) is 52.1 Å². The Balaban J connectivity index is 2.43. The number of hydrogen-bond acceptors (Lipinski definition) is 4. The zero-order valence-electron chi connectivity index (χ0n) is 11.9. The first-order chi connectivity index (χ1) is 10.3. The molecule has 1 aromatic carbocycles. The lowest BCUT2D eigenvalue weighted by molar-refractivity contribution is -0.141. The second kappa shape index (κ2) is 6.13. The number of carbonyl (C=O) groups is 1. The van der Waals surface area contributed by atoms with Gasteiger partial charge in [0.2, 0.25) is 0 Å². The third-order valence-electron chi connectivity index (χ3n) is 2.70. The van der Waals surface area contributed by atoms with Gasteiger partial charge in [0, 0.05) is 11.8 Å². The van der Waals surface area contributed by atoms with E-state index in [1.54, 1.807) is 13.8 Å². The van der Waals surface area contributed by atoms with Gasteiger partial charge in [-0.15, -0.1) is 0 Å². The number of alkyl halides is 3. The van der Waals surface area contributed by atoms with E-state index in [4.69, 9.17) is 4.74 Å². The Bertz CT molecular complexity index is 685. The molecule has 0 fully saturated rings. The maximum Gasteiger partial charge on any atom is 0.433 e. The average molecular weight is 310 g/mol. The molecule has 0 unspecified atom stereocenters. The minimum atomic E-state index is -4.55. The average Bonchev–Trinajstić information content (AvgIpc) is 2.46. The highest BCUT2D eigenvalue weighted by atomic mass is 19.4. The van der Waals surface area contributed by atoms with Crippen LogP contribution in [0.5, 0.6) is 5.75 Å². The zero-order valence-corrected chi connectivity index (χ0v) is 11.9. The van der Waals surface area contributed by atoms with Crippen molar-refractivity contribution in [1.82, 2.24) is 9.97 Å². The maximum atomic E-state index is 12.7. The molecular formula is C15H13F3N2O2. The second-order valence-electron chi connectivity index (χ2n) is 4.80. The van der Waals surface area contributed by atoms with Crippen LogP contribution in [-0.2, 0) is 6.18 Å². The van der Waals surface area contributed by atoms with Crippen molar-refractivity contribution in [1.29, 1.82) is 0 Å². The number of aromatic nitrogens is 2. The van der Waals surface area contributed by atoms with Gasteiger partial charge in [0.05, 0.1) is 11.7 Å². The Labute approximate surface area is 125 Å². The molecule has 0 radical (unpaired) electrons. The fourth-order valence-corrected chi connectivity index (χ4v) is 1.80. The van der Waals surface area contributed by atoms with E-state index in [1.807, 2.05) is 0 Å². The molecule has 0 N–H and O–H groups in total. The van der Waals surface area contributed by atoms with Crippen molar-refractivity contribution in [2.45, 2.75) is 26.1 Å². The highest BCUT2D eigenvalue weighted by Crippen LogP contribution is 2.29. The van der Waals surface area contributed by atoms with E-state index in [0.717, 1.165) is 12.3 Å². The molecule has 0 saturated heterocycles. The van der Waals surface area contributed by atoms with E-state index in [9.17, 15) is 18.0 Å². The lowest BCUT2D eigenvalue weighted by Crippen LogP contribution is -2.09. The van der Waals surface area contributed by atoms with Gasteiger partial charge in [-0.1, -0.05) is 0 Å². The Hall–Kier alpha value is -2.44. The predicted octanol–water partition coefficient (Wildman–Crippen LogP) is 3.76. The number of nitrogens with zero attached hydrogens (tertiary/aromatic N) is 2. The van der Waals surface area contributed by atoms with Crippen LogP contribution in [0.25, 0.3) is 11.4 Å². The van der Waals surface area contributed by atoms with Crippen LogP contribution in [0.3, 0.4) is 0 Å². The van der Waals surface area contributed by atoms with Crippen LogP contribution in [-0.4, -0.2) is 22.4 Å². The van der Waals surface area contributed by atoms with Gasteiger partial charge >= 0.3 is 6.18 Å². The van der Waals surface area contributed by atoms with E-state index in [0.29, 0.717) is 17.6 Å². The van der Waals surface area contributed by atoms with Gasteiger partial charge in [0.25, 0.3) is 0 Å². The molecule has 2 rings (SSSR count). The number of carbonyl (C=O) groups excluding carboxylic acids is 1. The van der Waals surface area contributed by atoms with E-state index >= 15 is 0 Å². The molecule has 0 saturated carbocycles. The highest BCUT2D eigenvalue weighted by Gasteiger charge is 2.32. The number of halogens is 3. The molecule has 0 spiro atoms. The van der Waals surface area contributed by atoms with Gasteiger partial charge in [0.15, 0.2) is 12.1 Å². The van der Waals surface area contributed by atoms with Crippen molar-refractivity contribution in [3.05, 3.63) is 41.7 Å². The zero-order chi connectivity index (χ0) is 16.3. The number of aldehydes is 1. The third-order valence-corrected chi connectivity index (χ3v) is 2.70. The van der Waals surface area contributed by atoms with E-state index in [-0.39, 0.29) is 17.5 Å². The number of ether oxygens (including phenoxy) is 1. The largest absolute Gasteiger partial charge is 0.490 e. The smallest absolute Gasteiger partial charge is 0.433 e. The van der Waals surface area contributed by atoms with Crippen molar-refractivity contribution < 1.29 is 22.7 Å². The Morgan fingerprint density at radius 1 is 1.23 bits per heavy atom. The summed E-state index contributed by atoms with van der Waals surface area (Å²) in [6.45, 7) is 3.61. The van der Waals surface area contributed by atoms with Crippen LogP contribution in [0.1, 0.15) is 29.9 Å². The summed E-state index contributed by atoms with van der Waals surface area (Å²) in [5.74, 6) is 0.259. The molecule has 116 valence electrons. The summed E-state index contributed by atoms with van der Waals surface area (Å²) in [6.07, 6.45) is -3.07. The van der Waals surface area contributed by atoms with Gasteiger partial charge in [-0.25, -0.2) is 9.97 Å². The molecule has 0 atom stereocenters. The minimum Gasteiger partial charge on any atom is -0.490 e. The van der Waals surface area contributed by atoms with Gasteiger partial charge in [0.1, 0.15) is 11.4 Å². The summed E-state index contributed by atoms with van der Waals surface area (Å²) in [6, 6.07) is 5.23. The van der Waals surface area contributed by atoms with Gasteiger partial charge in [-0.2, -0.15) is 13.2 Å². The van der Waals surface area contributed by atoms with Crippen LogP contribution in [0, 0.1) is 0 Å². The molecule has 1 aromatic heterocycles. The lowest BCUT2D eigenvalue weighted by atomic mass is 10.1. The summed E-state index contributed by atoms with van der Waals surface area (Å²) in [5, 5.41) is 0. The summed E-state index contributed by atoms with van der Waals surface area (Å²) >= 11 is 0. The monoisotopic (exact) mass is 310 g/mol. The van der Waals surface area contributed by atoms with Crippen LogP contribution in [0.15, 0.2) is 30.5 Å². The fourth-order valence-electron chi connectivity index (χ4n) is 1.80. The SMILES string of the molecule is CC(C)Oc1ccc(-c2nccc(C(F)(F)F)n2)cc1C=O. The molecule has 0 aliphatic carbocycles. The van der Waals surface area contributed by atoms with Crippen molar-refractivity contribution >= 4 is 6.29 Å².